The first-order valence-corrected chi connectivity index (χ1v) is 6.31. The third kappa shape index (κ3) is 2.78. The van der Waals surface area contributed by atoms with Gasteiger partial charge in [-0.3, -0.25) is 0 Å². The zero-order chi connectivity index (χ0) is 12.1. The monoisotopic (exact) mass is 229 g/mol. The van der Waals surface area contributed by atoms with E-state index in [2.05, 4.69) is 47.5 Å². The molecule has 1 aromatic carbocycles. The molecule has 2 rings (SSSR count). The summed E-state index contributed by atoms with van der Waals surface area (Å²) in [6.45, 7) is 4.85. The number of hydrogen-bond donors (Lipinski definition) is 1. The summed E-state index contributed by atoms with van der Waals surface area (Å²) in [7, 11) is 0. The molecule has 0 amide bonds. The van der Waals surface area contributed by atoms with Gasteiger partial charge in [-0.05, 0) is 31.0 Å². The van der Waals surface area contributed by atoms with Crippen molar-refractivity contribution in [3.05, 3.63) is 29.8 Å². The number of benzene rings is 1. The van der Waals surface area contributed by atoms with Crippen molar-refractivity contribution in [2.45, 2.75) is 25.8 Å². The van der Waals surface area contributed by atoms with Crippen molar-refractivity contribution in [2.75, 3.05) is 24.5 Å². The Hall–Kier alpha value is -1.53. The summed E-state index contributed by atoms with van der Waals surface area (Å²) in [6.07, 6.45) is 2.16. The SMILES string of the molecule is CCCNC(C#N)CN1CCc2ccccc21. The highest BCUT2D eigenvalue weighted by Gasteiger charge is 2.20. The number of hydrogen-bond acceptors (Lipinski definition) is 3. The molecule has 1 N–H and O–H groups in total. The van der Waals surface area contributed by atoms with Crippen LogP contribution in [0, 0.1) is 11.3 Å². The Morgan fingerprint density at radius 3 is 3.06 bits per heavy atom. The molecule has 1 atom stereocenters. The first-order chi connectivity index (χ1) is 8.35. The van der Waals surface area contributed by atoms with Crippen LogP contribution in [0.2, 0.25) is 0 Å². The zero-order valence-corrected chi connectivity index (χ0v) is 10.3. The summed E-state index contributed by atoms with van der Waals surface area (Å²) in [5.74, 6) is 0. The number of anilines is 1. The standard InChI is InChI=1S/C14H19N3/c1-2-8-16-13(10-15)11-17-9-7-12-5-3-4-6-14(12)17/h3-6,13,16H,2,7-9,11H2,1H3. The fourth-order valence-corrected chi connectivity index (χ4v) is 2.29. The van der Waals surface area contributed by atoms with E-state index < -0.39 is 0 Å². The molecule has 0 saturated carbocycles. The Morgan fingerprint density at radius 1 is 1.47 bits per heavy atom. The van der Waals surface area contributed by atoms with E-state index in [9.17, 15) is 0 Å². The van der Waals surface area contributed by atoms with Crippen molar-refractivity contribution >= 4 is 5.69 Å². The molecular formula is C14H19N3. The summed E-state index contributed by atoms with van der Waals surface area (Å²) in [5.41, 5.74) is 2.70. The smallest absolute Gasteiger partial charge is 0.113 e. The van der Waals surface area contributed by atoms with Crippen LogP contribution in [-0.2, 0) is 6.42 Å². The van der Waals surface area contributed by atoms with Crippen molar-refractivity contribution < 1.29 is 0 Å². The summed E-state index contributed by atoms with van der Waals surface area (Å²) >= 11 is 0. The van der Waals surface area contributed by atoms with E-state index >= 15 is 0 Å². The van der Waals surface area contributed by atoms with Crippen molar-refractivity contribution in [3.63, 3.8) is 0 Å². The lowest BCUT2D eigenvalue weighted by Gasteiger charge is -2.22. The topological polar surface area (TPSA) is 39.1 Å². The summed E-state index contributed by atoms with van der Waals surface area (Å²) < 4.78 is 0. The lowest BCUT2D eigenvalue weighted by Crippen LogP contribution is -2.40. The molecule has 1 aromatic rings. The van der Waals surface area contributed by atoms with E-state index in [0.29, 0.717) is 0 Å². The maximum atomic E-state index is 9.12. The quantitative estimate of drug-likeness (QED) is 0.838. The average molecular weight is 229 g/mol. The van der Waals surface area contributed by atoms with Crippen LogP contribution in [-0.4, -0.2) is 25.7 Å². The Labute approximate surface area is 103 Å². The lowest BCUT2D eigenvalue weighted by molar-refractivity contribution is 0.584. The molecule has 17 heavy (non-hydrogen) atoms. The number of rotatable bonds is 5. The second kappa shape index (κ2) is 5.70. The van der Waals surface area contributed by atoms with Crippen molar-refractivity contribution in [1.82, 2.24) is 5.32 Å². The van der Waals surface area contributed by atoms with Crippen LogP contribution < -0.4 is 10.2 Å². The molecule has 3 nitrogen and oxygen atoms in total. The maximum Gasteiger partial charge on any atom is 0.113 e. The fourth-order valence-electron chi connectivity index (χ4n) is 2.29. The van der Waals surface area contributed by atoms with E-state index in [-0.39, 0.29) is 6.04 Å². The highest BCUT2D eigenvalue weighted by atomic mass is 15.2. The van der Waals surface area contributed by atoms with Crippen molar-refractivity contribution in [2.24, 2.45) is 0 Å². The Morgan fingerprint density at radius 2 is 2.29 bits per heavy atom. The minimum absolute atomic E-state index is 0.0684. The third-order valence-corrected chi connectivity index (χ3v) is 3.18. The van der Waals surface area contributed by atoms with Gasteiger partial charge in [-0.1, -0.05) is 25.1 Å². The highest BCUT2D eigenvalue weighted by molar-refractivity contribution is 5.58. The van der Waals surface area contributed by atoms with Gasteiger partial charge in [0.1, 0.15) is 6.04 Å². The van der Waals surface area contributed by atoms with E-state index in [0.717, 1.165) is 32.5 Å². The van der Waals surface area contributed by atoms with Crippen LogP contribution in [0.25, 0.3) is 0 Å². The lowest BCUT2D eigenvalue weighted by atomic mass is 10.2. The molecule has 0 aromatic heterocycles. The Balaban J connectivity index is 1.99. The zero-order valence-electron chi connectivity index (χ0n) is 10.3. The minimum Gasteiger partial charge on any atom is -0.368 e. The number of para-hydroxylation sites is 1. The van der Waals surface area contributed by atoms with Gasteiger partial charge in [0.2, 0.25) is 0 Å². The van der Waals surface area contributed by atoms with Gasteiger partial charge in [0.05, 0.1) is 6.07 Å². The molecule has 0 bridgehead atoms. The largest absolute Gasteiger partial charge is 0.368 e. The van der Waals surface area contributed by atoms with Gasteiger partial charge >= 0.3 is 0 Å². The van der Waals surface area contributed by atoms with Crippen molar-refractivity contribution in [3.8, 4) is 6.07 Å². The molecule has 0 aliphatic carbocycles. The highest BCUT2D eigenvalue weighted by Crippen LogP contribution is 2.27. The van der Waals surface area contributed by atoms with Crippen LogP contribution >= 0.6 is 0 Å². The van der Waals surface area contributed by atoms with Gasteiger partial charge in [-0.15, -0.1) is 0 Å². The minimum atomic E-state index is -0.0684. The predicted octanol–water partition coefficient (Wildman–Crippen LogP) is 1.94. The van der Waals surface area contributed by atoms with Crippen LogP contribution in [0.5, 0.6) is 0 Å². The normalized spacial score (nSPS) is 15.4. The average Bonchev–Trinajstić information content (AvgIpc) is 2.78. The number of nitrogens with one attached hydrogen (secondary N) is 1. The number of nitriles is 1. The van der Waals surface area contributed by atoms with Gasteiger partial charge in [0.15, 0.2) is 0 Å². The van der Waals surface area contributed by atoms with E-state index in [1.807, 2.05) is 0 Å². The van der Waals surface area contributed by atoms with Gasteiger partial charge in [0, 0.05) is 18.8 Å². The van der Waals surface area contributed by atoms with E-state index in [1.54, 1.807) is 0 Å². The molecule has 1 heterocycles. The van der Waals surface area contributed by atoms with Gasteiger partial charge in [-0.2, -0.15) is 5.26 Å². The first-order valence-electron chi connectivity index (χ1n) is 6.31. The molecule has 0 spiro atoms. The van der Waals surface area contributed by atoms with Gasteiger partial charge in [0.25, 0.3) is 0 Å². The molecule has 1 aliphatic rings. The molecule has 1 aliphatic heterocycles. The van der Waals surface area contributed by atoms with Crippen LogP contribution in [0.1, 0.15) is 18.9 Å². The summed E-state index contributed by atoms with van der Waals surface area (Å²) in [4.78, 5) is 2.31. The summed E-state index contributed by atoms with van der Waals surface area (Å²) in [6, 6.07) is 10.7. The molecule has 0 fully saturated rings. The van der Waals surface area contributed by atoms with Crippen LogP contribution in [0.15, 0.2) is 24.3 Å². The van der Waals surface area contributed by atoms with Crippen LogP contribution in [0.4, 0.5) is 5.69 Å². The molecule has 3 heteroatoms. The molecule has 90 valence electrons. The fraction of sp³-hybridized carbons (Fsp3) is 0.500. The molecular weight excluding hydrogens is 210 g/mol. The van der Waals surface area contributed by atoms with Crippen molar-refractivity contribution in [1.29, 1.82) is 5.26 Å². The Kier molecular flexibility index (Phi) is 4.00. The van der Waals surface area contributed by atoms with Crippen LogP contribution in [0.3, 0.4) is 0 Å². The number of fused-ring (bicyclic) bond motifs is 1. The molecule has 0 saturated heterocycles. The molecule has 0 radical (unpaired) electrons. The molecule has 1 unspecified atom stereocenters. The summed E-state index contributed by atoms with van der Waals surface area (Å²) in [5, 5.41) is 12.4. The third-order valence-electron chi connectivity index (χ3n) is 3.18. The predicted molar refractivity (Wildman–Crippen MR) is 70.1 cm³/mol. The Bertz CT molecular complexity index is 408. The van der Waals surface area contributed by atoms with Gasteiger partial charge in [-0.25, -0.2) is 0 Å². The maximum absolute atomic E-state index is 9.12. The van der Waals surface area contributed by atoms with Gasteiger partial charge < -0.3 is 10.2 Å². The second-order valence-electron chi connectivity index (χ2n) is 4.46. The number of nitrogens with zero attached hydrogens (tertiary/aromatic N) is 2. The van der Waals surface area contributed by atoms with E-state index in [1.165, 1.54) is 11.3 Å². The first kappa shape index (κ1) is 11.9. The van der Waals surface area contributed by atoms with E-state index in [4.69, 9.17) is 5.26 Å². The second-order valence-corrected chi connectivity index (χ2v) is 4.46.